The summed E-state index contributed by atoms with van der Waals surface area (Å²) in [5, 5.41) is 7.18. The summed E-state index contributed by atoms with van der Waals surface area (Å²) in [6.07, 6.45) is 1.55. The molecule has 0 bridgehead atoms. The van der Waals surface area contributed by atoms with Crippen molar-refractivity contribution in [2.24, 2.45) is 11.0 Å². The molecule has 0 atom stereocenters. The van der Waals surface area contributed by atoms with Crippen molar-refractivity contribution in [2.75, 3.05) is 17.5 Å². The van der Waals surface area contributed by atoms with Crippen LogP contribution in [0.3, 0.4) is 0 Å². The maximum Gasteiger partial charge on any atom is 0.387 e. The summed E-state index contributed by atoms with van der Waals surface area (Å²) >= 11 is 6.17. The number of anilines is 1. The second-order valence-corrected chi connectivity index (χ2v) is 8.32. The van der Waals surface area contributed by atoms with Crippen LogP contribution in [0.1, 0.15) is 23.2 Å². The number of ether oxygens (including phenoxy) is 1. The minimum atomic E-state index is -3.87. The van der Waals surface area contributed by atoms with Crippen molar-refractivity contribution < 1.29 is 26.7 Å². The van der Waals surface area contributed by atoms with E-state index in [4.69, 9.17) is 11.6 Å². The van der Waals surface area contributed by atoms with Crippen LogP contribution in [0.4, 0.5) is 14.5 Å². The minimum absolute atomic E-state index is 0.0122. The first-order valence-corrected chi connectivity index (χ1v) is 10.1. The zero-order chi connectivity index (χ0) is 20.5. The number of alkyl halides is 2. The van der Waals surface area contributed by atoms with E-state index < -0.39 is 34.0 Å². The molecule has 1 aromatic carbocycles. The van der Waals surface area contributed by atoms with Crippen LogP contribution in [-0.2, 0) is 10.0 Å². The largest absolute Gasteiger partial charge is 0.433 e. The highest BCUT2D eigenvalue weighted by molar-refractivity contribution is 7.92. The lowest BCUT2D eigenvalue weighted by Gasteiger charge is -2.17. The van der Waals surface area contributed by atoms with Crippen molar-refractivity contribution in [3.8, 4) is 5.75 Å². The first-order valence-electron chi connectivity index (χ1n) is 8.07. The van der Waals surface area contributed by atoms with Gasteiger partial charge in [0, 0.05) is 7.05 Å². The molecule has 10 nitrogen and oxygen atoms in total. The fraction of sp³-hybridized carbons (Fsp3) is 0.429. The van der Waals surface area contributed by atoms with Gasteiger partial charge in [-0.25, -0.2) is 14.0 Å². The number of nitrogens with zero attached hydrogens (tertiary/aromatic N) is 2. The molecule has 0 saturated heterocycles. The van der Waals surface area contributed by atoms with Gasteiger partial charge in [0.25, 0.3) is 5.91 Å². The summed E-state index contributed by atoms with van der Waals surface area (Å²) in [4.78, 5) is 12.5. The Morgan fingerprint density at radius 1 is 1.46 bits per heavy atom. The zero-order valence-electron chi connectivity index (χ0n) is 14.5. The summed E-state index contributed by atoms with van der Waals surface area (Å²) in [5.41, 5.74) is 4.41. The molecule has 0 unspecified atom stereocenters. The smallest absolute Gasteiger partial charge is 0.387 e. The van der Waals surface area contributed by atoms with Gasteiger partial charge in [0.05, 0.1) is 16.3 Å². The number of carbonyl (C=O) groups is 1. The molecule has 28 heavy (non-hydrogen) atoms. The van der Waals surface area contributed by atoms with Gasteiger partial charge in [-0.1, -0.05) is 11.6 Å². The number of hydrazone groups is 1. The van der Waals surface area contributed by atoms with Crippen LogP contribution in [0.15, 0.2) is 17.2 Å². The molecule has 3 rings (SSSR count). The molecule has 154 valence electrons. The third kappa shape index (κ3) is 4.91. The van der Waals surface area contributed by atoms with Gasteiger partial charge < -0.3 is 4.74 Å². The van der Waals surface area contributed by atoms with Crippen LogP contribution < -0.4 is 25.8 Å². The molecule has 1 aliphatic carbocycles. The van der Waals surface area contributed by atoms with Crippen molar-refractivity contribution in [3.05, 3.63) is 22.7 Å². The summed E-state index contributed by atoms with van der Waals surface area (Å²) in [5.74, 6) is -1.27. The second-order valence-electron chi connectivity index (χ2n) is 6.18. The van der Waals surface area contributed by atoms with E-state index in [-0.39, 0.29) is 28.2 Å². The monoisotopic (exact) mass is 438 g/mol. The fourth-order valence-corrected chi connectivity index (χ4v) is 4.27. The van der Waals surface area contributed by atoms with Crippen molar-refractivity contribution in [1.29, 1.82) is 0 Å². The Balaban J connectivity index is 1.90. The zero-order valence-corrected chi connectivity index (χ0v) is 16.1. The lowest BCUT2D eigenvalue weighted by atomic mass is 10.1. The molecule has 0 aromatic heterocycles. The summed E-state index contributed by atoms with van der Waals surface area (Å²) < 4.78 is 56.5. The van der Waals surface area contributed by atoms with E-state index in [1.807, 2.05) is 0 Å². The second kappa shape index (κ2) is 7.93. The van der Waals surface area contributed by atoms with Crippen LogP contribution in [0.5, 0.6) is 5.75 Å². The van der Waals surface area contributed by atoms with Gasteiger partial charge in [-0.3, -0.25) is 19.8 Å². The number of sulfonamides is 1. The van der Waals surface area contributed by atoms with Crippen molar-refractivity contribution >= 4 is 39.2 Å². The molecule has 0 spiro atoms. The number of benzene rings is 1. The van der Waals surface area contributed by atoms with Gasteiger partial charge in [-0.2, -0.15) is 8.78 Å². The summed E-state index contributed by atoms with van der Waals surface area (Å²) in [6.45, 7) is -3.21. The van der Waals surface area contributed by atoms with Crippen LogP contribution in [0.2, 0.25) is 5.02 Å². The number of guanidine groups is 1. The van der Waals surface area contributed by atoms with Crippen molar-refractivity contribution in [2.45, 2.75) is 19.5 Å². The number of hydrogen-bond acceptors (Lipinski definition) is 8. The van der Waals surface area contributed by atoms with E-state index in [1.54, 1.807) is 7.05 Å². The molecule has 1 fully saturated rings. The molecule has 2 aliphatic rings. The number of nitrogens with one attached hydrogen (secondary N) is 4. The molecule has 4 N–H and O–H groups in total. The third-order valence-corrected chi connectivity index (χ3v) is 5.71. The average Bonchev–Trinajstić information content (AvgIpc) is 3.30. The quantitative estimate of drug-likeness (QED) is 0.501. The molecule has 1 amide bonds. The van der Waals surface area contributed by atoms with E-state index in [0.717, 1.165) is 25.0 Å². The number of hydrazine groups is 2. The van der Waals surface area contributed by atoms with Crippen LogP contribution in [-0.4, -0.2) is 44.7 Å². The topological polar surface area (TPSA) is 124 Å². The Kier molecular flexibility index (Phi) is 5.76. The highest BCUT2D eigenvalue weighted by Crippen LogP contribution is 2.38. The summed E-state index contributed by atoms with van der Waals surface area (Å²) in [7, 11) is -2.30. The maximum absolute atomic E-state index is 12.7. The van der Waals surface area contributed by atoms with E-state index in [1.165, 1.54) is 5.01 Å². The number of hydrogen-bond donors (Lipinski definition) is 4. The van der Waals surface area contributed by atoms with E-state index >= 15 is 0 Å². The Labute approximate surface area is 164 Å². The number of carbonyl (C=O) groups excluding carboxylic acids is 1. The van der Waals surface area contributed by atoms with Gasteiger partial charge >= 0.3 is 6.61 Å². The van der Waals surface area contributed by atoms with Gasteiger partial charge in [0.15, 0.2) is 5.75 Å². The highest BCUT2D eigenvalue weighted by Gasteiger charge is 2.30. The van der Waals surface area contributed by atoms with Gasteiger partial charge in [0.1, 0.15) is 5.69 Å². The number of halogens is 3. The Bertz CT molecular complexity index is 909. The fourth-order valence-electron chi connectivity index (χ4n) is 2.38. The lowest BCUT2D eigenvalue weighted by Crippen LogP contribution is -2.45. The number of amides is 1. The molecular weight excluding hydrogens is 422 g/mol. The molecule has 0 radical (unpaired) electrons. The lowest BCUT2D eigenvalue weighted by molar-refractivity contribution is -0.0493. The third-order valence-electron chi connectivity index (χ3n) is 3.90. The van der Waals surface area contributed by atoms with Crippen LogP contribution in [0.25, 0.3) is 0 Å². The van der Waals surface area contributed by atoms with E-state index in [2.05, 4.69) is 30.9 Å². The first kappa shape index (κ1) is 20.4. The predicted molar refractivity (Wildman–Crippen MR) is 97.2 cm³/mol. The Morgan fingerprint density at radius 3 is 2.75 bits per heavy atom. The molecule has 1 aliphatic heterocycles. The predicted octanol–water partition coefficient (Wildman–Crippen LogP) is 1.05. The maximum atomic E-state index is 12.7. The minimum Gasteiger partial charge on any atom is -0.433 e. The SMILES string of the molecule is CN1NNN=C1NC(=O)c1ccc(OC(F)F)c(NS(=O)(=O)CC2CC2)c1Cl. The van der Waals surface area contributed by atoms with E-state index in [9.17, 15) is 22.0 Å². The average molecular weight is 439 g/mol. The normalized spacial score (nSPS) is 16.6. The van der Waals surface area contributed by atoms with Gasteiger partial charge in [0.2, 0.25) is 16.0 Å². The number of rotatable bonds is 7. The van der Waals surface area contributed by atoms with E-state index in [0.29, 0.717) is 0 Å². The molecule has 1 heterocycles. The molecule has 1 aromatic rings. The summed E-state index contributed by atoms with van der Waals surface area (Å²) in [6, 6.07) is 2.18. The van der Waals surface area contributed by atoms with Gasteiger partial charge in [-0.05, 0) is 30.9 Å². The highest BCUT2D eigenvalue weighted by atomic mass is 35.5. The van der Waals surface area contributed by atoms with Gasteiger partial charge in [-0.15, -0.1) is 10.6 Å². The van der Waals surface area contributed by atoms with Crippen LogP contribution in [0, 0.1) is 5.92 Å². The Hall–Kier alpha value is -2.38. The van der Waals surface area contributed by atoms with Crippen molar-refractivity contribution in [3.63, 3.8) is 0 Å². The molecular formula is C14H17ClF2N6O4S. The van der Waals surface area contributed by atoms with Crippen molar-refractivity contribution in [1.82, 2.24) is 21.4 Å². The Morgan fingerprint density at radius 2 is 2.18 bits per heavy atom. The first-order chi connectivity index (χ1) is 13.2. The van der Waals surface area contributed by atoms with Crippen LogP contribution >= 0.6 is 11.6 Å². The molecule has 1 saturated carbocycles. The molecule has 14 heteroatoms. The standard InChI is InChI=1S/C14H17ClF2N6O4S/c1-23-14(19-21-22-23)18-12(24)8-4-5-9(27-13(16)17)11(10(8)15)20-28(25,26)6-7-2-3-7/h4-5,7,13,20-22H,2-3,6H2,1H3,(H,18,19,24).